The van der Waals surface area contributed by atoms with Gasteiger partial charge in [-0.2, -0.15) is 0 Å². The summed E-state index contributed by atoms with van der Waals surface area (Å²) in [5.74, 6) is -0.666. The van der Waals surface area contributed by atoms with Gasteiger partial charge in [0.25, 0.3) is 0 Å². The number of rotatable bonds is 5. The van der Waals surface area contributed by atoms with E-state index in [-0.39, 0.29) is 0 Å². The molecule has 0 amide bonds. The van der Waals surface area contributed by atoms with Gasteiger partial charge in [-0.25, -0.2) is 0 Å². The lowest BCUT2D eigenvalue weighted by atomic mass is 10.2. The lowest BCUT2D eigenvalue weighted by molar-refractivity contribution is -0.136. The largest absolute Gasteiger partial charge is 0.480 e. The molecule has 0 aliphatic carbocycles. The summed E-state index contributed by atoms with van der Waals surface area (Å²) in [4.78, 5) is 10.8. The van der Waals surface area contributed by atoms with E-state index in [1.807, 2.05) is 31.2 Å². The molecule has 4 heteroatoms. The maximum absolute atomic E-state index is 11.8. The average Bonchev–Trinajstić information content (AvgIpc) is 2.17. The number of carboxylic acids is 1. The van der Waals surface area contributed by atoms with Crippen molar-refractivity contribution in [2.75, 3.05) is 0 Å². The second kappa shape index (κ2) is 5.80. The van der Waals surface area contributed by atoms with Crippen LogP contribution in [0.2, 0.25) is 0 Å². The third-order valence-corrected chi connectivity index (χ3v) is 4.14. The zero-order valence-electron chi connectivity index (χ0n) is 9.47. The van der Waals surface area contributed by atoms with Crippen molar-refractivity contribution < 1.29 is 14.1 Å². The summed E-state index contributed by atoms with van der Waals surface area (Å²) in [7, 11) is -1.35. The highest BCUT2D eigenvalue weighted by molar-refractivity contribution is 7.85. The van der Waals surface area contributed by atoms with E-state index in [2.05, 4.69) is 0 Å². The van der Waals surface area contributed by atoms with Gasteiger partial charge in [-0.15, -0.1) is 0 Å². The molecule has 16 heavy (non-hydrogen) atoms. The summed E-state index contributed by atoms with van der Waals surface area (Å²) in [6.07, 6.45) is 0.397. The molecule has 88 valence electrons. The summed E-state index contributed by atoms with van der Waals surface area (Å²) in [5, 5.41) is 8.12. The van der Waals surface area contributed by atoms with E-state index in [0.717, 1.165) is 11.1 Å². The molecule has 0 spiro atoms. The van der Waals surface area contributed by atoms with Crippen molar-refractivity contribution in [2.24, 2.45) is 0 Å². The first-order valence-corrected chi connectivity index (χ1v) is 6.58. The quantitative estimate of drug-likeness (QED) is 0.857. The fourth-order valence-corrected chi connectivity index (χ4v) is 2.85. The van der Waals surface area contributed by atoms with Gasteiger partial charge in [0.2, 0.25) is 0 Å². The van der Waals surface area contributed by atoms with Crippen LogP contribution in [0.25, 0.3) is 0 Å². The maximum atomic E-state index is 11.8. The van der Waals surface area contributed by atoms with Crippen molar-refractivity contribution in [3.05, 3.63) is 35.4 Å². The van der Waals surface area contributed by atoms with Crippen molar-refractivity contribution in [3.8, 4) is 0 Å². The van der Waals surface area contributed by atoms with Crippen LogP contribution in [-0.2, 0) is 21.3 Å². The zero-order chi connectivity index (χ0) is 12.1. The minimum Gasteiger partial charge on any atom is -0.480 e. The van der Waals surface area contributed by atoms with Gasteiger partial charge in [-0.3, -0.25) is 9.00 Å². The molecule has 0 aliphatic rings. The van der Waals surface area contributed by atoms with Gasteiger partial charge in [-0.1, -0.05) is 36.8 Å². The Labute approximate surface area is 98.0 Å². The molecule has 1 N–H and O–H groups in total. The molecule has 2 atom stereocenters. The highest BCUT2D eigenvalue weighted by Crippen LogP contribution is 2.11. The van der Waals surface area contributed by atoms with Crippen LogP contribution >= 0.6 is 0 Å². The van der Waals surface area contributed by atoms with Gasteiger partial charge in [0.05, 0.1) is 0 Å². The predicted molar refractivity (Wildman–Crippen MR) is 64.7 cm³/mol. The molecule has 1 aromatic rings. The van der Waals surface area contributed by atoms with Gasteiger partial charge >= 0.3 is 5.97 Å². The van der Waals surface area contributed by atoms with Crippen molar-refractivity contribution in [2.45, 2.75) is 31.3 Å². The first-order valence-electron chi connectivity index (χ1n) is 5.20. The highest BCUT2D eigenvalue weighted by atomic mass is 32.2. The van der Waals surface area contributed by atoms with Gasteiger partial charge in [0, 0.05) is 16.6 Å². The molecule has 0 heterocycles. The Bertz CT molecular complexity index is 401. The number of hydrogen-bond acceptors (Lipinski definition) is 2. The predicted octanol–water partition coefficient (Wildman–Crippen LogP) is 2.11. The molecule has 1 aromatic carbocycles. The third kappa shape index (κ3) is 3.45. The Balaban J connectivity index is 2.74. The second-order valence-electron chi connectivity index (χ2n) is 3.75. The van der Waals surface area contributed by atoms with Crippen LogP contribution in [0.5, 0.6) is 0 Å². The van der Waals surface area contributed by atoms with Crippen LogP contribution in [0, 0.1) is 6.92 Å². The zero-order valence-corrected chi connectivity index (χ0v) is 10.3. The van der Waals surface area contributed by atoms with Crippen molar-refractivity contribution >= 4 is 16.8 Å². The summed E-state index contributed by atoms with van der Waals surface area (Å²) < 4.78 is 11.8. The molecule has 0 aliphatic heterocycles. The fourth-order valence-electron chi connectivity index (χ4n) is 1.54. The summed E-state index contributed by atoms with van der Waals surface area (Å²) in [6, 6.07) is 7.66. The number of aliphatic carboxylic acids is 1. The molecule has 0 saturated heterocycles. The van der Waals surface area contributed by atoms with Crippen LogP contribution < -0.4 is 0 Å². The molecule has 0 bridgehead atoms. The first kappa shape index (κ1) is 12.9. The Hall–Kier alpha value is -1.16. The number of aryl methyl sites for hydroxylation is 1. The Morgan fingerprint density at radius 3 is 2.69 bits per heavy atom. The molecule has 1 rings (SSSR count). The molecular weight excluding hydrogens is 224 g/mol. The van der Waals surface area contributed by atoms with Crippen molar-refractivity contribution in [1.82, 2.24) is 0 Å². The topological polar surface area (TPSA) is 54.4 Å². The minimum absolute atomic E-state index is 0.312. The average molecular weight is 240 g/mol. The molecule has 0 aromatic heterocycles. The summed E-state index contributed by atoms with van der Waals surface area (Å²) >= 11 is 0. The maximum Gasteiger partial charge on any atom is 0.319 e. The van der Waals surface area contributed by atoms with E-state index < -0.39 is 22.0 Å². The first-order chi connectivity index (χ1) is 7.54. The fraction of sp³-hybridized carbons (Fsp3) is 0.417. The van der Waals surface area contributed by atoms with Crippen molar-refractivity contribution in [3.63, 3.8) is 0 Å². The minimum atomic E-state index is -1.35. The molecule has 0 radical (unpaired) electrons. The smallest absolute Gasteiger partial charge is 0.319 e. The second-order valence-corrected chi connectivity index (χ2v) is 5.37. The van der Waals surface area contributed by atoms with Gasteiger partial charge in [0.1, 0.15) is 5.25 Å². The number of hydrogen-bond donors (Lipinski definition) is 1. The van der Waals surface area contributed by atoms with Gasteiger partial charge in [0.15, 0.2) is 0 Å². The SMILES string of the molecule is CCC(C(=O)O)S(=O)Cc1cccc(C)c1. The number of benzene rings is 1. The molecular formula is C12H16O3S. The lowest BCUT2D eigenvalue weighted by Gasteiger charge is -2.09. The van der Waals surface area contributed by atoms with Crippen LogP contribution in [0.1, 0.15) is 24.5 Å². The van der Waals surface area contributed by atoms with E-state index in [4.69, 9.17) is 5.11 Å². The molecule has 2 unspecified atom stereocenters. The number of carbonyl (C=O) groups is 1. The van der Waals surface area contributed by atoms with E-state index in [1.165, 1.54) is 0 Å². The van der Waals surface area contributed by atoms with Crippen LogP contribution in [-0.4, -0.2) is 20.5 Å². The Kier molecular flexibility index (Phi) is 4.68. The normalized spacial score (nSPS) is 14.4. The molecule has 0 fully saturated rings. The van der Waals surface area contributed by atoms with Crippen LogP contribution in [0.15, 0.2) is 24.3 Å². The lowest BCUT2D eigenvalue weighted by Crippen LogP contribution is -2.25. The molecule has 0 saturated carbocycles. The monoisotopic (exact) mass is 240 g/mol. The Morgan fingerprint density at radius 1 is 1.50 bits per heavy atom. The van der Waals surface area contributed by atoms with Gasteiger partial charge in [-0.05, 0) is 18.9 Å². The van der Waals surface area contributed by atoms with E-state index in [0.29, 0.717) is 12.2 Å². The third-order valence-electron chi connectivity index (χ3n) is 2.35. The summed E-state index contributed by atoms with van der Waals surface area (Å²) in [6.45, 7) is 3.70. The molecule has 3 nitrogen and oxygen atoms in total. The van der Waals surface area contributed by atoms with Crippen molar-refractivity contribution in [1.29, 1.82) is 0 Å². The van der Waals surface area contributed by atoms with E-state index >= 15 is 0 Å². The van der Waals surface area contributed by atoms with Gasteiger partial charge < -0.3 is 5.11 Å². The number of carboxylic acid groups (broad SMARTS) is 1. The highest BCUT2D eigenvalue weighted by Gasteiger charge is 2.22. The van der Waals surface area contributed by atoms with E-state index in [9.17, 15) is 9.00 Å². The van der Waals surface area contributed by atoms with E-state index in [1.54, 1.807) is 6.92 Å². The summed E-state index contributed by atoms with van der Waals surface area (Å²) in [5.41, 5.74) is 2.02. The standard InChI is InChI=1S/C12H16O3S/c1-3-11(12(13)14)16(15)8-10-6-4-5-9(2)7-10/h4-7,11H,3,8H2,1-2H3,(H,13,14). The van der Waals surface area contributed by atoms with Crippen LogP contribution in [0.3, 0.4) is 0 Å². The van der Waals surface area contributed by atoms with Crippen LogP contribution in [0.4, 0.5) is 0 Å². The Morgan fingerprint density at radius 2 is 2.19 bits per heavy atom.